The molecule has 6 heteroatoms. The first-order valence-corrected chi connectivity index (χ1v) is 7.22. The van der Waals surface area contributed by atoms with Gasteiger partial charge in [-0.15, -0.1) is 0 Å². The molecule has 2 aromatic heterocycles. The second-order valence-corrected chi connectivity index (χ2v) is 6.15. The summed E-state index contributed by atoms with van der Waals surface area (Å²) in [5, 5.41) is 13.0. The van der Waals surface area contributed by atoms with E-state index in [-0.39, 0.29) is 5.82 Å². The molecular weight excluding hydrogens is 281 g/mol. The first-order valence-electron chi connectivity index (χ1n) is 7.22. The molecule has 1 N–H and O–H groups in total. The molecule has 3 aromatic rings. The molecule has 0 atom stereocenters. The number of hydrogen-bond donors (Lipinski definition) is 1. The van der Waals surface area contributed by atoms with Crippen LogP contribution in [-0.4, -0.2) is 40.9 Å². The minimum absolute atomic E-state index is 0.264. The number of nitrogens with zero attached hydrogens (tertiary/aromatic N) is 4. The summed E-state index contributed by atoms with van der Waals surface area (Å²) in [6.45, 7) is 5.57. The molecule has 4 rings (SSSR count). The van der Waals surface area contributed by atoms with E-state index in [1.54, 1.807) is 6.07 Å². The van der Waals surface area contributed by atoms with Crippen molar-refractivity contribution in [2.75, 3.05) is 26.2 Å². The molecule has 0 radical (unpaired) electrons. The summed E-state index contributed by atoms with van der Waals surface area (Å²) in [7, 11) is 5.99. The van der Waals surface area contributed by atoms with Crippen LogP contribution in [0.2, 0.25) is 0 Å². The zero-order valence-corrected chi connectivity index (χ0v) is 12.9. The smallest absolute Gasteiger partial charge is 0.126 e. The standard InChI is InChI=1S/C16H18FN5/c1-9-11-5-10(17)6-13-15(11)16-12(19-18-9)7-21(4)8-14(16)22(13)20(2)3/h5-6,18H,1,7-8H2,2-4H3. The third-order valence-corrected chi connectivity index (χ3v) is 4.28. The van der Waals surface area contributed by atoms with Gasteiger partial charge in [0.05, 0.1) is 22.3 Å². The normalized spacial score (nSPS) is 14.9. The van der Waals surface area contributed by atoms with Crippen molar-refractivity contribution in [1.29, 1.82) is 0 Å². The van der Waals surface area contributed by atoms with E-state index in [1.807, 2.05) is 19.1 Å². The molecule has 0 aliphatic carbocycles. The van der Waals surface area contributed by atoms with E-state index in [9.17, 15) is 4.39 Å². The summed E-state index contributed by atoms with van der Waals surface area (Å²) in [6, 6.07) is 3.13. The summed E-state index contributed by atoms with van der Waals surface area (Å²) in [6.07, 6.45) is 0. The number of benzene rings is 1. The zero-order chi connectivity index (χ0) is 15.6. The Bertz CT molecular complexity index is 966. The van der Waals surface area contributed by atoms with Crippen LogP contribution < -0.4 is 10.4 Å². The molecule has 0 saturated carbocycles. The van der Waals surface area contributed by atoms with Crippen LogP contribution in [-0.2, 0) is 13.1 Å². The van der Waals surface area contributed by atoms with Crippen LogP contribution in [0.5, 0.6) is 0 Å². The SMILES string of the molecule is C=c1[nH]nc2c3c(n(N(C)C)c4cc(F)cc1c34)CN(C)C2. The van der Waals surface area contributed by atoms with E-state index in [0.717, 1.165) is 46.2 Å². The first kappa shape index (κ1) is 13.3. The summed E-state index contributed by atoms with van der Waals surface area (Å²) in [4.78, 5) is 2.20. The molecule has 1 aliphatic heterocycles. The summed E-state index contributed by atoms with van der Waals surface area (Å²) in [5.74, 6) is -0.264. The molecule has 22 heavy (non-hydrogen) atoms. The number of nitrogens with one attached hydrogen (secondary N) is 1. The van der Waals surface area contributed by atoms with Crippen LogP contribution in [0.25, 0.3) is 28.3 Å². The van der Waals surface area contributed by atoms with Crippen LogP contribution in [0, 0.1) is 5.82 Å². The maximum atomic E-state index is 14.1. The highest BCUT2D eigenvalue weighted by molar-refractivity contribution is 6.11. The topological polar surface area (TPSA) is 40.1 Å². The highest BCUT2D eigenvalue weighted by Gasteiger charge is 2.26. The molecule has 3 heterocycles. The minimum Gasteiger partial charge on any atom is -0.319 e. The third-order valence-electron chi connectivity index (χ3n) is 4.28. The van der Waals surface area contributed by atoms with Crippen LogP contribution in [0.3, 0.4) is 0 Å². The Labute approximate surface area is 127 Å². The van der Waals surface area contributed by atoms with Crippen LogP contribution >= 0.6 is 0 Å². The number of aromatic amines is 1. The van der Waals surface area contributed by atoms with Gasteiger partial charge >= 0.3 is 0 Å². The maximum Gasteiger partial charge on any atom is 0.126 e. The van der Waals surface area contributed by atoms with Crippen molar-refractivity contribution in [1.82, 2.24) is 19.8 Å². The molecule has 0 spiro atoms. The van der Waals surface area contributed by atoms with Crippen molar-refractivity contribution in [3.05, 3.63) is 34.7 Å². The molecule has 0 unspecified atom stereocenters. The Hall–Kier alpha value is -2.34. The van der Waals surface area contributed by atoms with Crippen molar-refractivity contribution in [2.45, 2.75) is 13.1 Å². The van der Waals surface area contributed by atoms with Gasteiger partial charge in [0.25, 0.3) is 0 Å². The number of aromatic nitrogens is 3. The van der Waals surface area contributed by atoms with Crippen LogP contribution in [0.4, 0.5) is 4.39 Å². The second-order valence-electron chi connectivity index (χ2n) is 6.15. The molecule has 1 aromatic carbocycles. The Morgan fingerprint density at radius 2 is 2.05 bits per heavy atom. The Morgan fingerprint density at radius 1 is 1.27 bits per heavy atom. The number of rotatable bonds is 1. The van der Waals surface area contributed by atoms with Crippen LogP contribution in [0.15, 0.2) is 12.1 Å². The lowest BCUT2D eigenvalue weighted by molar-refractivity contribution is 0.300. The van der Waals surface area contributed by atoms with Crippen molar-refractivity contribution in [2.24, 2.45) is 0 Å². The van der Waals surface area contributed by atoms with Gasteiger partial charge in [-0.2, -0.15) is 5.10 Å². The minimum atomic E-state index is -0.264. The van der Waals surface area contributed by atoms with Crippen molar-refractivity contribution in [3.8, 4) is 0 Å². The lowest BCUT2D eigenvalue weighted by Gasteiger charge is -2.26. The molecule has 114 valence electrons. The highest BCUT2D eigenvalue weighted by atomic mass is 19.1. The van der Waals surface area contributed by atoms with Gasteiger partial charge in [0.2, 0.25) is 0 Å². The number of H-pyrrole nitrogens is 1. The maximum absolute atomic E-state index is 14.1. The summed E-state index contributed by atoms with van der Waals surface area (Å²) >= 11 is 0. The summed E-state index contributed by atoms with van der Waals surface area (Å²) < 4.78 is 16.2. The lowest BCUT2D eigenvalue weighted by atomic mass is 10.1. The average Bonchev–Trinajstić information content (AvgIpc) is 2.69. The van der Waals surface area contributed by atoms with E-state index in [1.165, 1.54) is 6.07 Å². The van der Waals surface area contributed by atoms with Gasteiger partial charge in [-0.3, -0.25) is 14.7 Å². The van der Waals surface area contributed by atoms with E-state index in [0.29, 0.717) is 5.35 Å². The largest absolute Gasteiger partial charge is 0.319 e. The molecule has 0 saturated heterocycles. The van der Waals surface area contributed by atoms with Gasteiger partial charge in [0, 0.05) is 49.4 Å². The fraction of sp³-hybridized carbons (Fsp3) is 0.312. The Kier molecular flexibility index (Phi) is 2.62. The predicted octanol–water partition coefficient (Wildman–Crippen LogP) is 1.49. The van der Waals surface area contributed by atoms with Gasteiger partial charge in [0.1, 0.15) is 5.82 Å². The van der Waals surface area contributed by atoms with E-state index in [4.69, 9.17) is 0 Å². The molecule has 0 fully saturated rings. The second kappa shape index (κ2) is 4.33. The monoisotopic (exact) mass is 299 g/mol. The predicted molar refractivity (Wildman–Crippen MR) is 86.3 cm³/mol. The van der Waals surface area contributed by atoms with E-state index >= 15 is 0 Å². The average molecular weight is 299 g/mol. The van der Waals surface area contributed by atoms with Crippen molar-refractivity contribution in [3.63, 3.8) is 0 Å². The molecule has 1 aliphatic rings. The zero-order valence-electron chi connectivity index (χ0n) is 12.9. The molecule has 0 amide bonds. The quantitative estimate of drug-likeness (QED) is 0.740. The number of halogens is 1. The van der Waals surface area contributed by atoms with E-state index in [2.05, 4.69) is 33.4 Å². The Balaban J connectivity index is 2.36. The molecule has 5 nitrogen and oxygen atoms in total. The van der Waals surface area contributed by atoms with Gasteiger partial charge in [0.15, 0.2) is 0 Å². The molecule has 0 bridgehead atoms. The van der Waals surface area contributed by atoms with Crippen LogP contribution in [0.1, 0.15) is 11.4 Å². The van der Waals surface area contributed by atoms with Crippen molar-refractivity contribution < 1.29 is 4.39 Å². The lowest BCUT2D eigenvalue weighted by Crippen LogP contribution is -2.31. The number of hydrogen-bond acceptors (Lipinski definition) is 3. The van der Waals surface area contributed by atoms with Gasteiger partial charge < -0.3 is 5.01 Å². The highest BCUT2D eigenvalue weighted by Crippen LogP contribution is 2.35. The fourth-order valence-corrected chi connectivity index (χ4v) is 3.50. The Morgan fingerprint density at radius 3 is 2.77 bits per heavy atom. The fourth-order valence-electron chi connectivity index (χ4n) is 3.50. The van der Waals surface area contributed by atoms with E-state index < -0.39 is 0 Å². The van der Waals surface area contributed by atoms with Gasteiger partial charge in [-0.1, -0.05) is 6.58 Å². The first-order chi connectivity index (χ1) is 10.5. The third kappa shape index (κ3) is 1.64. The van der Waals surface area contributed by atoms with Crippen molar-refractivity contribution >= 4 is 28.3 Å². The van der Waals surface area contributed by atoms with Gasteiger partial charge in [-0.05, 0) is 13.1 Å². The van der Waals surface area contributed by atoms with Gasteiger partial charge in [-0.25, -0.2) is 4.39 Å². The molecular formula is C16H18FN5. The summed E-state index contributed by atoms with van der Waals surface area (Å²) in [5.41, 5.74) is 2.97.